The maximum Gasteiger partial charge on any atom is 0.314 e. The molecule has 2 N–H and O–H groups in total. The number of carbonyl (C=O) groups is 1. The summed E-state index contributed by atoms with van der Waals surface area (Å²) in [4.78, 5) is 14.3. The zero-order chi connectivity index (χ0) is 15.6. The highest BCUT2D eigenvalue weighted by molar-refractivity contribution is 5.73. The Morgan fingerprint density at radius 3 is 2.64 bits per heavy atom. The van der Waals surface area contributed by atoms with Gasteiger partial charge in [-0.25, -0.2) is 4.79 Å². The Morgan fingerprint density at radius 2 is 1.95 bits per heavy atom. The fourth-order valence-corrected chi connectivity index (χ4v) is 2.86. The number of benzene rings is 1. The van der Waals surface area contributed by atoms with Crippen molar-refractivity contribution >= 4 is 6.03 Å². The largest absolute Gasteiger partial charge is 0.385 e. The number of nitrogens with one attached hydrogen (secondary N) is 2. The van der Waals surface area contributed by atoms with Crippen molar-refractivity contribution in [3.05, 3.63) is 35.9 Å². The van der Waals surface area contributed by atoms with Gasteiger partial charge in [-0.2, -0.15) is 0 Å². The van der Waals surface area contributed by atoms with Crippen molar-refractivity contribution in [3.8, 4) is 0 Å². The lowest BCUT2D eigenvalue weighted by molar-refractivity contribution is 0.192. The Morgan fingerprint density at radius 1 is 1.23 bits per heavy atom. The number of carbonyl (C=O) groups excluding carboxylic acids is 1. The van der Waals surface area contributed by atoms with E-state index in [0.29, 0.717) is 19.7 Å². The number of hydrogen-bond acceptors (Lipinski definition) is 3. The van der Waals surface area contributed by atoms with E-state index in [-0.39, 0.29) is 12.1 Å². The second kappa shape index (κ2) is 9.43. The van der Waals surface area contributed by atoms with Crippen LogP contribution in [0.4, 0.5) is 4.79 Å². The molecule has 1 aromatic carbocycles. The molecule has 5 heteroatoms. The van der Waals surface area contributed by atoms with Gasteiger partial charge in [-0.3, -0.25) is 4.90 Å². The first-order chi connectivity index (χ1) is 10.8. The molecule has 0 spiro atoms. The van der Waals surface area contributed by atoms with Crippen LogP contribution in [0.5, 0.6) is 0 Å². The first-order valence-electron chi connectivity index (χ1n) is 8.11. The van der Waals surface area contributed by atoms with Gasteiger partial charge >= 0.3 is 6.03 Å². The van der Waals surface area contributed by atoms with Gasteiger partial charge in [0.1, 0.15) is 0 Å². The molecular formula is C17H27N3O2. The van der Waals surface area contributed by atoms with Gasteiger partial charge in [0.15, 0.2) is 0 Å². The van der Waals surface area contributed by atoms with Gasteiger partial charge in [-0.15, -0.1) is 0 Å². The van der Waals surface area contributed by atoms with Gasteiger partial charge in [0.2, 0.25) is 0 Å². The predicted molar refractivity (Wildman–Crippen MR) is 87.9 cm³/mol. The Balaban J connectivity index is 1.83. The average molecular weight is 305 g/mol. The summed E-state index contributed by atoms with van der Waals surface area (Å²) in [6.07, 6.45) is 3.32. The van der Waals surface area contributed by atoms with Crippen LogP contribution in [-0.4, -0.2) is 50.8 Å². The predicted octanol–water partition coefficient (Wildman–Crippen LogP) is 2.16. The summed E-state index contributed by atoms with van der Waals surface area (Å²) in [6.45, 7) is 4.16. The molecule has 2 amide bonds. The number of amides is 2. The second-order valence-electron chi connectivity index (χ2n) is 5.65. The molecule has 0 bridgehead atoms. The van der Waals surface area contributed by atoms with E-state index in [1.165, 1.54) is 18.4 Å². The maximum absolute atomic E-state index is 11.9. The van der Waals surface area contributed by atoms with Crippen LogP contribution in [-0.2, 0) is 4.74 Å². The molecule has 2 rings (SSSR count). The Labute approximate surface area is 133 Å². The highest BCUT2D eigenvalue weighted by Crippen LogP contribution is 2.24. The first kappa shape index (κ1) is 16.8. The Kier molecular flexibility index (Phi) is 7.19. The van der Waals surface area contributed by atoms with Crippen LogP contribution in [0.3, 0.4) is 0 Å². The number of urea groups is 1. The van der Waals surface area contributed by atoms with E-state index in [1.54, 1.807) is 7.11 Å². The van der Waals surface area contributed by atoms with Gasteiger partial charge in [-0.1, -0.05) is 30.3 Å². The molecule has 122 valence electrons. The molecule has 0 saturated carbocycles. The van der Waals surface area contributed by atoms with Crippen molar-refractivity contribution in [2.45, 2.75) is 25.3 Å². The highest BCUT2D eigenvalue weighted by atomic mass is 16.5. The van der Waals surface area contributed by atoms with Gasteiger partial charge in [0.25, 0.3) is 0 Å². The van der Waals surface area contributed by atoms with E-state index in [0.717, 1.165) is 19.5 Å². The highest BCUT2D eigenvalue weighted by Gasteiger charge is 2.23. The van der Waals surface area contributed by atoms with Crippen molar-refractivity contribution in [1.82, 2.24) is 15.5 Å². The molecule has 1 aliphatic heterocycles. The number of likely N-dealkylation sites (tertiary alicyclic amines) is 1. The van der Waals surface area contributed by atoms with Crippen LogP contribution >= 0.6 is 0 Å². The molecule has 1 saturated heterocycles. The van der Waals surface area contributed by atoms with E-state index >= 15 is 0 Å². The second-order valence-corrected chi connectivity index (χ2v) is 5.65. The molecule has 1 unspecified atom stereocenters. The lowest BCUT2D eigenvalue weighted by Gasteiger charge is -2.28. The standard InChI is InChI=1S/C17H27N3O2/c1-22-13-7-10-18-17(21)19-14-16(20-11-5-6-12-20)15-8-3-2-4-9-15/h2-4,8-9,16H,5-7,10-14H2,1H3,(H2,18,19,21). The summed E-state index contributed by atoms with van der Waals surface area (Å²) in [5.74, 6) is 0. The molecule has 5 nitrogen and oxygen atoms in total. The lowest BCUT2D eigenvalue weighted by atomic mass is 10.1. The van der Waals surface area contributed by atoms with Crippen LogP contribution in [0, 0.1) is 0 Å². The Bertz CT molecular complexity index is 433. The zero-order valence-corrected chi connectivity index (χ0v) is 13.4. The minimum Gasteiger partial charge on any atom is -0.385 e. The SMILES string of the molecule is COCCCNC(=O)NCC(c1ccccc1)N1CCCC1. The fraction of sp³-hybridized carbons (Fsp3) is 0.588. The first-order valence-corrected chi connectivity index (χ1v) is 8.11. The molecule has 0 aromatic heterocycles. The molecule has 1 atom stereocenters. The third-order valence-electron chi connectivity index (χ3n) is 4.03. The van der Waals surface area contributed by atoms with Crippen LogP contribution in [0.15, 0.2) is 30.3 Å². The quantitative estimate of drug-likeness (QED) is 0.724. The minimum absolute atomic E-state index is 0.101. The third kappa shape index (κ3) is 5.31. The normalized spacial score (nSPS) is 16.4. The summed E-state index contributed by atoms with van der Waals surface area (Å²) in [5.41, 5.74) is 1.27. The summed E-state index contributed by atoms with van der Waals surface area (Å²) in [5, 5.41) is 5.87. The number of methoxy groups -OCH3 is 1. The minimum atomic E-state index is -0.101. The van der Waals surface area contributed by atoms with Crippen molar-refractivity contribution < 1.29 is 9.53 Å². The lowest BCUT2D eigenvalue weighted by Crippen LogP contribution is -2.42. The maximum atomic E-state index is 11.9. The summed E-state index contributed by atoms with van der Waals surface area (Å²) in [6, 6.07) is 10.6. The van der Waals surface area contributed by atoms with Crippen LogP contribution in [0.1, 0.15) is 30.9 Å². The van der Waals surface area contributed by atoms with Gasteiger partial charge in [-0.05, 0) is 37.9 Å². The van der Waals surface area contributed by atoms with Crippen molar-refractivity contribution in [3.63, 3.8) is 0 Å². The van der Waals surface area contributed by atoms with E-state index in [1.807, 2.05) is 6.07 Å². The van der Waals surface area contributed by atoms with Crippen molar-refractivity contribution in [2.75, 3.05) is 39.9 Å². The summed E-state index contributed by atoms with van der Waals surface area (Å²) in [7, 11) is 1.67. The summed E-state index contributed by atoms with van der Waals surface area (Å²) >= 11 is 0. The molecule has 0 radical (unpaired) electrons. The van der Waals surface area contributed by atoms with Crippen molar-refractivity contribution in [2.24, 2.45) is 0 Å². The monoisotopic (exact) mass is 305 g/mol. The van der Waals surface area contributed by atoms with Gasteiger partial charge in [0, 0.05) is 26.8 Å². The smallest absolute Gasteiger partial charge is 0.314 e. The number of hydrogen-bond donors (Lipinski definition) is 2. The van der Waals surface area contributed by atoms with E-state index < -0.39 is 0 Å². The molecule has 1 fully saturated rings. The molecule has 1 heterocycles. The molecule has 0 aliphatic carbocycles. The third-order valence-corrected chi connectivity index (χ3v) is 4.03. The van der Waals surface area contributed by atoms with Crippen LogP contribution < -0.4 is 10.6 Å². The average Bonchev–Trinajstić information content (AvgIpc) is 3.07. The number of ether oxygens (including phenoxy) is 1. The van der Waals surface area contributed by atoms with Crippen LogP contribution in [0.25, 0.3) is 0 Å². The molecule has 1 aliphatic rings. The summed E-state index contributed by atoms with van der Waals surface area (Å²) < 4.78 is 4.97. The Hall–Kier alpha value is -1.59. The number of nitrogens with zero attached hydrogens (tertiary/aromatic N) is 1. The number of rotatable bonds is 8. The topological polar surface area (TPSA) is 53.6 Å². The van der Waals surface area contributed by atoms with E-state index in [2.05, 4.69) is 39.8 Å². The van der Waals surface area contributed by atoms with Crippen molar-refractivity contribution in [1.29, 1.82) is 0 Å². The zero-order valence-electron chi connectivity index (χ0n) is 13.4. The van der Waals surface area contributed by atoms with E-state index in [4.69, 9.17) is 4.74 Å². The molecule has 1 aromatic rings. The van der Waals surface area contributed by atoms with E-state index in [9.17, 15) is 4.79 Å². The molecule has 22 heavy (non-hydrogen) atoms. The van der Waals surface area contributed by atoms with Gasteiger partial charge in [0.05, 0.1) is 6.04 Å². The fourth-order valence-electron chi connectivity index (χ4n) is 2.86. The van der Waals surface area contributed by atoms with Gasteiger partial charge < -0.3 is 15.4 Å². The van der Waals surface area contributed by atoms with Crippen LogP contribution in [0.2, 0.25) is 0 Å². The molecular weight excluding hydrogens is 278 g/mol.